The lowest BCUT2D eigenvalue weighted by molar-refractivity contribution is 0.414. The van der Waals surface area contributed by atoms with Crippen LogP contribution in [0.5, 0.6) is 5.75 Å². The van der Waals surface area contributed by atoms with Crippen LogP contribution in [0.25, 0.3) is 11.3 Å². The number of fused-ring (bicyclic) bond motifs is 3. The largest absolute Gasteiger partial charge is 0.497 e. The first-order valence-electron chi connectivity index (χ1n) is 7.26. The first kappa shape index (κ1) is 12.3. The highest BCUT2D eigenvalue weighted by molar-refractivity contribution is 5.72. The Bertz CT molecular complexity index is 770. The molecule has 0 spiro atoms. The molecule has 4 rings (SSSR count). The van der Waals surface area contributed by atoms with E-state index >= 15 is 0 Å². The third kappa shape index (κ3) is 1.95. The Hall–Kier alpha value is -2.48. The van der Waals surface area contributed by atoms with Crippen LogP contribution < -0.4 is 4.74 Å². The Morgan fingerprint density at radius 2 is 1.81 bits per heavy atom. The maximum Gasteiger partial charge on any atom is 0.118 e. The number of aromatic nitrogens is 1. The molecule has 1 aromatic heterocycles. The third-order valence-corrected chi connectivity index (χ3v) is 4.38. The molecule has 0 saturated carbocycles. The van der Waals surface area contributed by atoms with Crippen LogP contribution in [0, 0.1) is 0 Å². The van der Waals surface area contributed by atoms with Crippen LogP contribution in [-0.2, 0) is 6.42 Å². The van der Waals surface area contributed by atoms with Crippen molar-refractivity contribution < 1.29 is 4.74 Å². The Kier molecular flexibility index (Phi) is 2.81. The minimum absolute atomic E-state index is 0.409. The van der Waals surface area contributed by atoms with Gasteiger partial charge in [-0.25, -0.2) is 0 Å². The Labute approximate surface area is 124 Å². The smallest absolute Gasteiger partial charge is 0.118 e. The van der Waals surface area contributed by atoms with E-state index < -0.39 is 0 Å². The van der Waals surface area contributed by atoms with Gasteiger partial charge in [0.1, 0.15) is 5.75 Å². The zero-order valence-electron chi connectivity index (χ0n) is 12.0. The Morgan fingerprint density at radius 3 is 2.62 bits per heavy atom. The lowest BCUT2D eigenvalue weighted by atomic mass is 9.79. The summed E-state index contributed by atoms with van der Waals surface area (Å²) in [5, 5.41) is 0. The fraction of sp³-hybridized carbons (Fsp3) is 0.158. The van der Waals surface area contributed by atoms with Gasteiger partial charge in [0, 0.05) is 23.4 Å². The number of aromatic amines is 1. The summed E-state index contributed by atoms with van der Waals surface area (Å²) in [5.74, 6) is 1.32. The van der Waals surface area contributed by atoms with Crippen molar-refractivity contribution in [2.75, 3.05) is 7.11 Å². The number of hydrogen-bond acceptors (Lipinski definition) is 1. The molecule has 3 aromatic rings. The van der Waals surface area contributed by atoms with E-state index in [4.69, 9.17) is 4.74 Å². The van der Waals surface area contributed by atoms with Gasteiger partial charge in [-0.2, -0.15) is 0 Å². The van der Waals surface area contributed by atoms with E-state index in [1.54, 1.807) is 7.11 Å². The van der Waals surface area contributed by atoms with E-state index in [1.165, 1.54) is 27.9 Å². The number of hydrogen-bond donors (Lipinski definition) is 1. The number of benzene rings is 2. The number of rotatable bonds is 2. The molecule has 104 valence electrons. The molecule has 0 saturated heterocycles. The molecule has 0 bridgehead atoms. The van der Waals surface area contributed by atoms with Crippen molar-refractivity contribution >= 4 is 0 Å². The summed E-state index contributed by atoms with van der Waals surface area (Å²) in [4.78, 5) is 3.41. The number of H-pyrrole nitrogens is 1. The van der Waals surface area contributed by atoms with Gasteiger partial charge in [0.2, 0.25) is 0 Å². The zero-order valence-corrected chi connectivity index (χ0v) is 12.0. The molecule has 1 atom stereocenters. The zero-order chi connectivity index (χ0) is 14.2. The van der Waals surface area contributed by atoms with Gasteiger partial charge in [0.05, 0.1) is 7.11 Å². The van der Waals surface area contributed by atoms with Gasteiger partial charge in [-0.05, 0) is 41.3 Å². The summed E-state index contributed by atoms with van der Waals surface area (Å²) in [5.41, 5.74) is 6.73. The van der Waals surface area contributed by atoms with Gasteiger partial charge < -0.3 is 9.72 Å². The number of ether oxygens (including phenoxy) is 1. The molecule has 0 radical (unpaired) electrons. The van der Waals surface area contributed by atoms with E-state index in [-0.39, 0.29) is 0 Å². The van der Waals surface area contributed by atoms with E-state index in [0.717, 1.165) is 12.2 Å². The first-order valence-corrected chi connectivity index (χ1v) is 7.26. The molecule has 1 aliphatic rings. The fourth-order valence-corrected chi connectivity index (χ4v) is 3.31. The average molecular weight is 275 g/mol. The van der Waals surface area contributed by atoms with Crippen molar-refractivity contribution in [3.8, 4) is 17.0 Å². The van der Waals surface area contributed by atoms with Gasteiger partial charge >= 0.3 is 0 Å². The normalized spacial score (nSPS) is 16.1. The van der Waals surface area contributed by atoms with Gasteiger partial charge in [-0.15, -0.1) is 0 Å². The molecule has 1 N–H and O–H groups in total. The first-order chi connectivity index (χ1) is 10.4. The second-order valence-electron chi connectivity index (χ2n) is 5.50. The van der Waals surface area contributed by atoms with E-state index in [9.17, 15) is 0 Å². The minimum Gasteiger partial charge on any atom is -0.497 e. The summed E-state index contributed by atoms with van der Waals surface area (Å²) < 4.78 is 5.26. The minimum atomic E-state index is 0.409. The number of nitrogens with one attached hydrogen (secondary N) is 1. The van der Waals surface area contributed by atoms with Crippen molar-refractivity contribution in [1.82, 2.24) is 4.98 Å². The van der Waals surface area contributed by atoms with E-state index in [1.807, 2.05) is 18.3 Å². The maximum atomic E-state index is 5.26. The molecule has 21 heavy (non-hydrogen) atoms. The highest BCUT2D eigenvalue weighted by atomic mass is 16.5. The highest BCUT2D eigenvalue weighted by Gasteiger charge is 2.26. The van der Waals surface area contributed by atoms with Gasteiger partial charge in [0.15, 0.2) is 0 Å². The van der Waals surface area contributed by atoms with Crippen molar-refractivity contribution in [2.24, 2.45) is 0 Å². The quantitative estimate of drug-likeness (QED) is 0.737. The summed E-state index contributed by atoms with van der Waals surface area (Å²) in [7, 11) is 1.70. The molecule has 2 aromatic carbocycles. The third-order valence-electron chi connectivity index (χ3n) is 4.38. The SMILES string of the molecule is COc1ccc(C2Cc3ccccc3-c3[nH]ccc32)cc1. The van der Waals surface area contributed by atoms with E-state index in [0.29, 0.717) is 5.92 Å². The fourth-order valence-electron chi connectivity index (χ4n) is 3.31. The van der Waals surface area contributed by atoms with Crippen LogP contribution in [0.4, 0.5) is 0 Å². The molecular formula is C19H17NO. The van der Waals surface area contributed by atoms with Gasteiger partial charge in [-0.3, -0.25) is 0 Å². The molecule has 1 aliphatic carbocycles. The number of methoxy groups -OCH3 is 1. The molecule has 1 unspecified atom stereocenters. The summed E-state index contributed by atoms with van der Waals surface area (Å²) in [6.07, 6.45) is 3.09. The Morgan fingerprint density at radius 1 is 1.00 bits per heavy atom. The van der Waals surface area contributed by atoms with Crippen LogP contribution in [0.1, 0.15) is 22.6 Å². The molecule has 2 heteroatoms. The van der Waals surface area contributed by atoms with Crippen LogP contribution in [-0.4, -0.2) is 12.1 Å². The topological polar surface area (TPSA) is 25.0 Å². The van der Waals surface area contributed by atoms with E-state index in [2.05, 4.69) is 47.4 Å². The summed E-state index contributed by atoms with van der Waals surface area (Å²) in [6.45, 7) is 0. The van der Waals surface area contributed by atoms with Gasteiger partial charge in [-0.1, -0.05) is 36.4 Å². The molecule has 0 aliphatic heterocycles. The predicted octanol–water partition coefficient (Wildman–Crippen LogP) is 4.38. The van der Waals surface area contributed by atoms with Crippen molar-refractivity contribution in [3.63, 3.8) is 0 Å². The summed E-state index contributed by atoms with van der Waals surface area (Å²) in [6, 6.07) is 19.3. The molecular weight excluding hydrogens is 258 g/mol. The summed E-state index contributed by atoms with van der Waals surface area (Å²) >= 11 is 0. The average Bonchev–Trinajstić information content (AvgIpc) is 3.04. The van der Waals surface area contributed by atoms with Crippen LogP contribution in [0.3, 0.4) is 0 Å². The van der Waals surface area contributed by atoms with Crippen LogP contribution in [0.15, 0.2) is 60.8 Å². The molecule has 2 nitrogen and oxygen atoms in total. The van der Waals surface area contributed by atoms with Crippen molar-refractivity contribution in [2.45, 2.75) is 12.3 Å². The van der Waals surface area contributed by atoms with Crippen LogP contribution in [0.2, 0.25) is 0 Å². The predicted molar refractivity (Wildman–Crippen MR) is 84.8 cm³/mol. The lowest BCUT2D eigenvalue weighted by Crippen LogP contribution is -2.11. The van der Waals surface area contributed by atoms with Crippen LogP contribution >= 0.6 is 0 Å². The highest BCUT2D eigenvalue weighted by Crippen LogP contribution is 2.42. The van der Waals surface area contributed by atoms with Crippen molar-refractivity contribution in [3.05, 3.63) is 77.5 Å². The van der Waals surface area contributed by atoms with Gasteiger partial charge in [0.25, 0.3) is 0 Å². The Balaban J connectivity index is 1.81. The second kappa shape index (κ2) is 4.81. The lowest BCUT2D eigenvalue weighted by Gasteiger charge is -2.25. The monoisotopic (exact) mass is 275 g/mol. The molecule has 1 heterocycles. The molecule has 0 amide bonds. The maximum absolute atomic E-state index is 5.26. The molecule has 0 fully saturated rings. The van der Waals surface area contributed by atoms with Crippen molar-refractivity contribution in [1.29, 1.82) is 0 Å². The standard InChI is InChI=1S/C19H17NO/c1-21-15-8-6-13(7-9-15)18-12-14-4-2-3-5-16(14)19-17(18)10-11-20-19/h2-11,18,20H,12H2,1H3. The second-order valence-corrected chi connectivity index (χ2v) is 5.50.